The second-order valence-corrected chi connectivity index (χ2v) is 7.98. The number of hydrogen-bond acceptors (Lipinski definition) is 6. The van der Waals surface area contributed by atoms with E-state index in [0.717, 1.165) is 55.5 Å². The van der Waals surface area contributed by atoms with Crippen LogP contribution < -0.4 is 15.8 Å². The third-order valence-corrected chi connectivity index (χ3v) is 5.60. The zero-order valence-electron chi connectivity index (χ0n) is 17.6. The Morgan fingerprint density at radius 1 is 1.17 bits per heavy atom. The number of nitrogens with zero attached hydrogens (tertiary/aromatic N) is 4. The highest BCUT2D eigenvalue weighted by atomic mass is 16.1. The Morgan fingerprint density at radius 3 is 2.67 bits per heavy atom. The molecule has 0 bridgehead atoms. The van der Waals surface area contributed by atoms with Crippen LogP contribution in [0.25, 0.3) is 11.3 Å². The van der Waals surface area contributed by atoms with E-state index in [-0.39, 0.29) is 5.56 Å². The summed E-state index contributed by atoms with van der Waals surface area (Å²) in [4.78, 5) is 31.0. The third kappa shape index (κ3) is 4.84. The Bertz CT molecular complexity index is 1040. The van der Waals surface area contributed by atoms with Crippen LogP contribution in [0.15, 0.2) is 47.4 Å². The van der Waals surface area contributed by atoms with E-state index in [1.165, 1.54) is 11.6 Å². The molecule has 7 nitrogen and oxygen atoms in total. The monoisotopic (exact) mass is 404 g/mol. The van der Waals surface area contributed by atoms with Crippen molar-refractivity contribution >= 4 is 11.9 Å². The molecule has 3 heterocycles. The van der Waals surface area contributed by atoms with Crippen molar-refractivity contribution in [1.82, 2.24) is 19.9 Å². The fourth-order valence-corrected chi connectivity index (χ4v) is 3.72. The van der Waals surface area contributed by atoms with Crippen molar-refractivity contribution < 1.29 is 0 Å². The first kappa shape index (κ1) is 20.1. The van der Waals surface area contributed by atoms with Gasteiger partial charge in [0.25, 0.3) is 5.56 Å². The fraction of sp³-hybridized carbons (Fsp3) is 0.391. The number of aromatic nitrogens is 4. The highest BCUT2D eigenvalue weighted by Crippen LogP contribution is 2.24. The van der Waals surface area contributed by atoms with Crippen molar-refractivity contribution in [2.45, 2.75) is 33.1 Å². The largest absolute Gasteiger partial charge is 0.355 e. The SMILES string of the molecule is Cc1nc(N2CCC(C)CC2)ncc1-c1cc(=O)[nH]c(NCCc2ccccc2)n1. The average molecular weight is 405 g/mol. The lowest BCUT2D eigenvalue weighted by atomic mass is 10.00. The van der Waals surface area contributed by atoms with Crippen molar-refractivity contribution in [2.24, 2.45) is 5.92 Å². The van der Waals surface area contributed by atoms with Gasteiger partial charge in [-0.25, -0.2) is 15.0 Å². The predicted molar refractivity (Wildman–Crippen MR) is 120 cm³/mol. The predicted octanol–water partition coefficient (Wildman–Crippen LogP) is 3.43. The Hall–Kier alpha value is -3.22. The number of nitrogens with one attached hydrogen (secondary N) is 2. The molecule has 30 heavy (non-hydrogen) atoms. The summed E-state index contributed by atoms with van der Waals surface area (Å²) in [6.45, 7) is 6.88. The summed E-state index contributed by atoms with van der Waals surface area (Å²) in [6, 6.07) is 11.7. The summed E-state index contributed by atoms with van der Waals surface area (Å²) in [6.07, 6.45) is 4.96. The standard InChI is InChI=1S/C23H28N6O/c1-16-9-12-29(13-10-16)23-25-15-19(17(2)26-23)20-14-21(30)28-22(27-20)24-11-8-18-6-4-3-5-7-18/h3-7,14-16H,8-13H2,1-2H3,(H2,24,27,28,30). The molecule has 7 heteroatoms. The molecule has 2 aromatic heterocycles. The van der Waals surface area contributed by atoms with Crippen LogP contribution in [0.4, 0.5) is 11.9 Å². The number of rotatable bonds is 6. The second kappa shape index (κ2) is 9.07. The summed E-state index contributed by atoms with van der Waals surface area (Å²) in [5.41, 5.74) is 3.22. The maximum atomic E-state index is 12.2. The van der Waals surface area contributed by atoms with E-state index in [0.29, 0.717) is 18.2 Å². The van der Waals surface area contributed by atoms with Crippen LogP contribution in [0.5, 0.6) is 0 Å². The van der Waals surface area contributed by atoms with E-state index in [2.05, 4.69) is 44.2 Å². The van der Waals surface area contributed by atoms with Gasteiger partial charge in [-0.3, -0.25) is 9.78 Å². The molecule has 1 fully saturated rings. The van der Waals surface area contributed by atoms with E-state index in [1.54, 1.807) is 6.20 Å². The molecule has 0 spiro atoms. The van der Waals surface area contributed by atoms with Crippen molar-refractivity contribution in [3.05, 3.63) is 64.2 Å². The van der Waals surface area contributed by atoms with Gasteiger partial charge >= 0.3 is 0 Å². The van der Waals surface area contributed by atoms with Gasteiger partial charge in [0.05, 0.1) is 11.4 Å². The minimum absolute atomic E-state index is 0.198. The first-order valence-corrected chi connectivity index (χ1v) is 10.6. The lowest BCUT2D eigenvalue weighted by molar-refractivity contribution is 0.434. The van der Waals surface area contributed by atoms with Gasteiger partial charge < -0.3 is 10.2 Å². The van der Waals surface area contributed by atoms with Crippen molar-refractivity contribution in [2.75, 3.05) is 29.9 Å². The number of benzene rings is 1. The highest BCUT2D eigenvalue weighted by Gasteiger charge is 2.19. The zero-order chi connectivity index (χ0) is 20.9. The topological polar surface area (TPSA) is 86.8 Å². The smallest absolute Gasteiger partial charge is 0.252 e. The number of hydrogen-bond donors (Lipinski definition) is 2. The van der Waals surface area contributed by atoms with E-state index < -0.39 is 0 Å². The summed E-state index contributed by atoms with van der Waals surface area (Å²) in [5.74, 6) is 1.98. The Morgan fingerprint density at radius 2 is 1.93 bits per heavy atom. The maximum absolute atomic E-state index is 12.2. The first-order chi connectivity index (χ1) is 14.6. The van der Waals surface area contributed by atoms with Gasteiger partial charge in [0.1, 0.15) is 0 Å². The van der Waals surface area contributed by atoms with E-state index in [1.807, 2.05) is 25.1 Å². The fourth-order valence-electron chi connectivity index (χ4n) is 3.72. The second-order valence-electron chi connectivity index (χ2n) is 7.98. The Labute approximate surface area is 176 Å². The quantitative estimate of drug-likeness (QED) is 0.655. The lowest BCUT2D eigenvalue weighted by Gasteiger charge is -2.30. The van der Waals surface area contributed by atoms with Gasteiger partial charge in [-0.1, -0.05) is 37.3 Å². The molecular formula is C23H28N6O. The summed E-state index contributed by atoms with van der Waals surface area (Å²) >= 11 is 0. The van der Waals surface area contributed by atoms with Crippen LogP contribution in [-0.4, -0.2) is 39.6 Å². The van der Waals surface area contributed by atoms with Crippen molar-refractivity contribution in [3.63, 3.8) is 0 Å². The molecule has 0 unspecified atom stereocenters. The van der Waals surface area contributed by atoms with Gasteiger partial charge in [0.2, 0.25) is 11.9 Å². The Balaban J connectivity index is 1.48. The number of aryl methyl sites for hydroxylation is 1. The molecule has 4 rings (SSSR count). The van der Waals surface area contributed by atoms with Crippen LogP contribution in [-0.2, 0) is 6.42 Å². The summed E-state index contributed by atoms with van der Waals surface area (Å²) in [5, 5.41) is 3.22. The van der Waals surface area contributed by atoms with Gasteiger partial charge in [-0.2, -0.15) is 0 Å². The van der Waals surface area contributed by atoms with E-state index in [9.17, 15) is 4.79 Å². The summed E-state index contributed by atoms with van der Waals surface area (Å²) < 4.78 is 0. The van der Waals surface area contributed by atoms with Crippen LogP contribution in [0.1, 0.15) is 31.0 Å². The molecule has 0 atom stereocenters. The number of aromatic amines is 1. The lowest BCUT2D eigenvalue weighted by Crippen LogP contribution is -2.34. The van der Waals surface area contributed by atoms with Crippen LogP contribution >= 0.6 is 0 Å². The molecule has 2 N–H and O–H groups in total. The van der Waals surface area contributed by atoms with Gasteiger partial charge in [0, 0.05) is 37.5 Å². The molecule has 3 aromatic rings. The molecule has 0 saturated carbocycles. The van der Waals surface area contributed by atoms with Crippen LogP contribution in [0.3, 0.4) is 0 Å². The summed E-state index contributed by atoms with van der Waals surface area (Å²) in [7, 11) is 0. The average Bonchev–Trinajstić information content (AvgIpc) is 2.74. The first-order valence-electron chi connectivity index (χ1n) is 10.6. The van der Waals surface area contributed by atoms with Crippen molar-refractivity contribution in [3.8, 4) is 11.3 Å². The highest BCUT2D eigenvalue weighted by molar-refractivity contribution is 5.62. The van der Waals surface area contributed by atoms with Gasteiger partial charge in [-0.15, -0.1) is 0 Å². The minimum Gasteiger partial charge on any atom is -0.355 e. The normalized spacial score (nSPS) is 14.7. The third-order valence-electron chi connectivity index (χ3n) is 5.60. The molecule has 0 aliphatic carbocycles. The number of anilines is 2. The van der Waals surface area contributed by atoms with Crippen LogP contribution in [0, 0.1) is 12.8 Å². The molecule has 156 valence electrons. The van der Waals surface area contributed by atoms with Crippen LogP contribution in [0.2, 0.25) is 0 Å². The zero-order valence-corrected chi connectivity index (χ0v) is 17.6. The molecule has 1 aliphatic rings. The van der Waals surface area contributed by atoms with Gasteiger partial charge in [0.15, 0.2) is 0 Å². The van der Waals surface area contributed by atoms with Gasteiger partial charge in [-0.05, 0) is 37.7 Å². The maximum Gasteiger partial charge on any atom is 0.252 e. The molecule has 1 aromatic carbocycles. The molecule has 1 aliphatic heterocycles. The van der Waals surface area contributed by atoms with Crippen molar-refractivity contribution in [1.29, 1.82) is 0 Å². The Kier molecular flexibility index (Phi) is 6.07. The number of piperidine rings is 1. The van der Waals surface area contributed by atoms with E-state index >= 15 is 0 Å². The minimum atomic E-state index is -0.198. The number of H-pyrrole nitrogens is 1. The molecule has 1 saturated heterocycles. The van der Waals surface area contributed by atoms with E-state index in [4.69, 9.17) is 4.98 Å². The molecular weight excluding hydrogens is 376 g/mol. The molecule has 0 amide bonds. The molecule has 0 radical (unpaired) electrons.